The third-order valence-electron chi connectivity index (χ3n) is 5.26. The average Bonchev–Trinajstić information content (AvgIpc) is 3.03. The van der Waals surface area contributed by atoms with E-state index in [1.54, 1.807) is 0 Å². The molecule has 5 nitrogen and oxygen atoms in total. The second-order valence-corrected chi connectivity index (χ2v) is 6.57. The highest BCUT2D eigenvalue weighted by molar-refractivity contribution is 5.97. The predicted molar refractivity (Wildman–Crippen MR) is 78.7 cm³/mol. The molecule has 0 aromatic carbocycles. The van der Waals surface area contributed by atoms with Crippen molar-refractivity contribution >= 4 is 11.8 Å². The van der Waals surface area contributed by atoms with Gasteiger partial charge in [0.25, 0.3) is 0 Å². The number of ether oxygens (including phenoxy) is 1. The van der Waals surface area contributed by atoms with Crippen molar-refractivity contribution in [3.63, 3.8) is 0 Å². The monoisotopic (exact) mass is 294 g/mol. The molecule has 1 N–H and O–H groups in total. The van der Waals surface area contributed by atoms with Crippen molar-refractivity contribution in [3.8, 4) is 0 Å². The Morgan fingerprint density at radius 2 is 1.95 bits per heavy atom. The van der Waals surface area contributed by atoms with Gasteiger partial charge in [0.1, 0.15) is 12.1 Å². The van der Waals surface area contributed by atoms with Crippen LogP contribution in [0.3, 0.4) is 0 Å². The molecule has 2 heterocycles. The van der Waals surface area contributed by atoms with Crippen LogP contribution in [0, 0.1) is 5.92 Å². The number of rotatable bonds is 3. The largest absolute Gasteiger partial charge is 0.379 e. The van der Waals surface area contributed by atoms with Crippen molar-refractivity contribution in [3.05, 3.63) is 0 Å². The molecule has 0 radical (unpaired) electrons. The van der Waals surface area contributed by atoms with Crippen molar-refractivity contribution in [1.29, 1.82) is 0 Å². The summed E-state index contributed by atoms with van der Waals surface area (Å²) in [5, 5.41) is 3.02. The molecule has 3 unspecified atom stereocenters. The van der Waals surface area contributed by atoms with Gasteiger partial charge < -0.3 is 15.0 Å². The van der Waals surface area contributed by atoms with Crippen molar-refractivity contribution in [2.45, 2.75) is 70.0 Å². The molecule has 2 saturated heterocycles. The fourth-order valence-corrected chi connectivity index (χ4v) is 4.10. The van der Waals surface area contributed by atoms with E-state index in [1.165, 1.54) is 19.3 Å². The predicted octanol–water partition coefficient (Wildman–Crippen LogP) is 1.46. The Hall–Kier alpha value is -1.10. The summed E-state index contributed by atoms with van der Waals surface area (Å²) in [4.78, 5) is 27.3. The summed E-state index contributed by atoms with van der Waals surface area (Å²) < 4.78 is 5.44. The van der Waals surface area contributed by atoms with Gasteiger partial charge in [-0.15, -0.1) is 0 Å². The van der Waals surface area contributed by atoms with E-state index in [2.05, 4.69) is 5.32 Å². The van der Waals surface area contributed by atoms with Gasteiger partial charge in [0.2, 0.25) is 11.8 Å². The van der Waals surface area contributed by atoms with Crippen molar-refractivity contribution in [1.82, 2.24) is 10.2 Å². The van der Waals surface area contributed by atoms with Crippen LogP contribution in [0.4, 0.5) is 0 Å². The maximum absolute atomic E-state index is 13.0. The van der Waals surface area contributed by atoms with Crippen LogP contribution in [0.1, 0.15) is 51.9 Å². The van der Waals surface area contributed by atoms with Crippen LogP contribution < -0.4 is 5.32 Å². The average molecular weight is 294 g/mol. The molecule has 1 aliphatic carbocycles. The molecule has 0 aromatic rings. The highest BCUT2D eigenvalue weighted by Crippen LogP contribution is 2.31. The summed E-state index contributed by atoms with van der Waals surface area (Å²) in [6, 6.07) is -0.537. The van der Waals surface area contributed by atoms with E-state index >= 15 is 0 Å². The summed E-state index contributed by atoms with van der Waals surface area (Å²) in [6.07, 6.45) is 7.24. The first-order chi connectivity index (χ1) is 10.2. The number of nitrogens with one attached hydrogen (secondary N) is 1. The fourth-order valence-electron chi connectivity index (χ4n) is 4.10. The molecule has 2 amide bonds. The van der Waals surface area contributed by atoms with Crippen LogP contribution in [0.2, 0.25) is 0 Å². The highest BCUT2D eigenvalue weighted by Gasteiger charge is 2.46. The maximum Gasteiger partial charge on any atom is 0.246 e. The van der Waals surface area contributed by atoms with Crippen LogP contribution in [-0.2, 0) is 14.3 Å². The first-order valence-corrected chi connectivity index (χ1v) is 8.42. The lowest BCUT2D eigenvalue weighted by atomic mass is 9.81. The molecule has 3 fully saturated rings. The van der Waals surface area contributed by atoms with Gasteiger partial charge in [-0.1, -0.05) is 26.2 Å². The molecule has 3 rings (SSSR count). The Kier molecular flexibility index (Phi) is 4.48. The van der Waals surface area contributed by atoms with Crippen molar-refractivity contribution in [2.75, 3.05) is 13.2 Å². The Labute approximate surface area is 126 Å². The van der Waals surface area contributed by atoms with Crippen molar-refractivity contribution < 1.29 is 14.3 Å². The lowest BCUT2D eigenvalue weighted by Gasteiger charge is -2.44. The van der Waals surface area contributed by atoms with E-state index in [4.69, 9.17) is 4.74 Å². The molecule has 3 aliphatic rings. The first kappa shape index (κ1) is 14.8. The van der Waals surface area contributed by atoms with E-state index < -0.39 is 0 Å². The number of carbonyl (C=O) groups excluding carboxylic acids is 2. The SMILES string of the molecule is CCC1C(=O)NC(C2CCCCC2)C(=O)N1C1CCOC1. The molecule has 0 spiro atoms. The van der Waals surface area contributed by atoms with E-state index in [1.807, 2.05) is 11.8 Å². The van der Waals surface area contributed by atoms with Gasteiger partial charge in [0.15, 0.2) is 0 Å². The highest BCUT2D eigenvalue weighted by atomic mass is 16.5. The lowest BCUT2D eigenvalue weighted by Crippen LogP contribution is -2.67. The van der Waals surface area contributed by atoms with Gasteiger partial charge in [0, 0.05) is 6.61 Å². The fraction of sp³-hybridized carbons (Fsp3) is 0.875. The Morgan fingerprint density at radius 1 is 1.19 bits per heavy atom. The molecule has 5 heteroatoms. The molecule has 2 aliphatic heterocycles. The van der Waals surface area contributed by atoms with Gasteiger partial charge >= 0.3 is 0 Å². The Bertz CT molecular complexity index is 400. The number of amides is 2. The normalized spacial score (nSPS) is 35.1. The minimum Gasteiger partial charge on any atom is -0.379 e. The first-order valence-electron chi connectivity index (χ1n) is 8.42. The standard InChI is InChI=1S/C16H26N2O3/c1-2-13-15(19)17-14(11-6-4-3-5-7-11)16(20)18(13)12-8-9-21-10-12/h11-14H,2-10H2,1H3,(H,17,19). The second kappa shape index (κ2) is 6.34. The molecular formula is C16H26N2O3. The molecule has 21 heavy (non-hydrogen) atoms. The van der Waals surface area contributed by atoms with E-state index in [0.717, 1.165) is 19.3 Å². The minimum absolute atomic E-state index is 0.0274. The van der Waals surface area contributed by atoms with Gasteiger partial charge in [-0.3, -0.25) is 9.59 Å². The van der Waals surface area contributed by atoms with E-state index in [9.17, 15) is 9.59 Å². The number of carbonyl (C=O) groups is 2. The van der Waals surface area contributed by atoms with Crippen LogP contribution in [0.5, 0.6) is 0 Å². The van der Waals surface area contributed by atoms with Gasteiger partial charge in [-0.05, 0) is 31.6 Å². The van der Waals surface area contributed by atoms with Crippen molar-refractivity contribution in [2.24, 2.45) is 5.92 Å². The molecular weight excluding hydrogens is 268 g/mol. The van der Waals surface area contributed by atoms with Crippen LogP contribution in [-0.4, -0.2) is 48.1 Å². The number of nitrogens with zero attached hydrogens (tertiary/aromatic N) is 1. The molecule has 0 bridgehead atoms. The van der Waals surface area contributed by atoms with Crippen LogP contribution in [0.15, 0.2) is 0 Å². The van der Waals surface area contributed by atoms with E-state index in [-0.39, 0.29) is 29.9 Å². The summed E-state index contributed by atoms with van der Waals surface area (Å²) in [5.74, 6) is 0.473. The zero-order valence-electron chi connectivity index (χ0n) is 12.8. The summed E-state index contributed by atoms with van der Waals surface area (Å²) in [7, 11) is 0. The number of hydrogen-bond acceptors (Lipinski definition) is 3. The lowest BCUT2D eigenvalue weighted by molar-refractivity contribution is -0.154. The zero-order valence-corrected chi connectivity index (χ0v) is 12.8. The Morgan fingerprint density at radius 3 is 2.57 bits per heavy atom. The third-order valence-corrected chi connectivity index (χ3v) is 5.26. The summed E-state index contributed by atoms with van der Waals surface area (Å²) in [5.41, 5.74) is 0. The quantitative estimate of drug-likeness (QED) is 0.857. The zero-order chi connectivity index (χ0) is 14.8. The molecule has 118 valence electrons. The van der Waals surface area contributed by atoms with Gasteiger partial charge in [-0.25, -0.2) is 0 Å². The number of hydrogen-bond donors (Lipinski definition) is 1. The van der Waals surface area contributed by atoms with E-state index in [0.29, 0.717) is 25.6 Å². The third kappa shape index (κ3) is 2.80. The van der Waals surface area contributed by atoms with Gasteiger partial charge in [0.05, 0.1) is 12.6 Å². The van der Waals surface area contributed by atoms with Gasteiger partial charge in [-0.2, -0.15) is 0 Å². The van der Waals surface area contributed by atoms with Crippen LogP contribution >= 0.6 is 0 Å². The maximum atomic E-state index is 13.0. The topological polar surface area (TPSA) is 58.6 Å². The second-order valence-electron chi connectivity index (χ2n) is 6.57. The van der Waals surface area contributed by atoms with Crippen LogP contribution in [0.25, 0.3) is 0 Å². The Balaban J connectivity index is 1.80. The summed E-state index contributed by atoms with van der Waals surface area (Å²) >= 11 is 0. The molecule has 1 saturated carbocycles. The minimum atomic E-state index is -0.316. The molecule has 0 aromatic heterocycles. The molecule has 3 atom stereocenters. The summed E-state index contributed by atoms with van der Waals surface area (Å²) in [6.45, 7) is 3.24. The smallest absolute Gasteiger partial charge is 0.246 e. The number of piperazine rings is 1.